The van der Waals surface area contributed by atoms with Crippen LogP contribution in [0.1, 0.15) is 5.56 Å². The van der Waals surface area contributed by atoms with E-state index in [0.29, 0.717) is 5.95 Å². The van der Waals surface area contributed by atoms with Crippen LogP contribution in [0.25, 0.3) is 11.0 Å². The molecule has 0 radical (unpaired) electrons. The summed E-state index contributed by atoms with van der Waals surface area (Å²) in [5.41, 5.74) is 4.12. The van der Waals surface area contributed by atoms with Gasteiger partial charge in [0.05, 0.1) is 17.6 Å². The minimum absolute atomic E-state index is 0.0606. The lowest BCUT2D eigenvalue weighted by atomic mass is 10.2. The fourth-order valence-corrected chi connectivity index (χ4v) is 2.89. The predicted molar refractivity (Wildman–Crippen MR) is 87.1 cm³/mol. The zero-order valence-corrected chi connectivity index (χ0v) is 12.0. The van der Waals surface area contributed by atoms with Gasteiger partial charge in [-0.3, -0.25) is 4.79 Å². The van der Waals surface area contributed by atoms with Gasteiger partial charge in [-0.1, -0.05) is 30.3 Å². The molecular weight excluding hydrogens is 276 g/mol. The average molecular weight is 292 g/mol. The zero-order chi connectivity index (χ0) is 14.9. The van der Waals surface area contributed by atoms with Crippen LogP contribution in [0.15, 0.2) is 48.5 Å². The van der Waals surface area contributed by atoms with E-state index in [9.17, 15) is 4.79 Å². The Morgan fingerprint density at radius 3 is 2.91 bits per heavy atom. The molecule has 0 saturated heterocycles. The van der Waals surface area contributed by atoms with Crippen LogP contribution in [0.4, 0.5) is 11.6 Å². The minimum Gasteiger partial charge on any atom is -0.347 e. The first kappa shape index (κ1) is 12.9. The van der Waals surface area contributed by atoms with Crippen LogP contribution >= 0.6 is 0 Å². The maximum Gasteiger partial charge on any atom is 0.246 e. The molecule has 2 aromatic carbocycles. The van der Waals surface area contributed by atoms with Crippen molar-refractivity contribution in [2.75, 3.05) is 23.3 Å². The van der Waals surface area contributed by atoms with Crippen molar-refractivity contribution in [1.82, 2.24) is 9.97 Å². The third kappa shape index (κ3) is 2.20. The average Bonchev–Trinajstić information content (AvgIpc) is 3.16. The fourth-order valence-electron chi connectivity index (χ4n) is 2.89. The second-order valence-electron chi connectivity index (χ2n) is 5.38. The number of carbonyl (C=O) groups excluding carboxylic acids is 1. The molecule has 1 aliphatic heterocycles. The molecule has 3 aromatic rings. The smallest absolute Gasteiger partial charge is 0.246 e. The summed E-state index contributed by atoms with van der Waals surface area (Å²) < 4.78 is 0. The molecule has 1 aliphatic rings. The Labute approximate surface area is 128 Å². The van der Waals surface area contributed by atoms with Crippen molar-refractivity contribution in [1.29, 1.82) is 0 Å². The van der Waals surface area contributed by atoms with Gasteiger partial charge >= 0.3 is 0 Å². The molecule has 2 heterocycles. The van der Waals surface area contributed by atoms with Crippen LogP contribution in [-0.4, -0.2) is 29.0 Å². The summed E-state index contributed by atoms with van der Waals surface area (Å²) in [5.74, 6) is 0.687. The van der Waals surface area contributed by atoms with E-state index in [1.54, 1.807) is 0 Å². The lowest BCUT2D eigenvalue weighted by Crippen LogP contribution is -2.34. The molecule has 4 rings (SSSR count). The van der Waals surface area contributed by atoms with Crippen LogP contribution in [0.2, 0.25) is 0 Å². The van der Waals surface area contributed by atoms with E-state index in [-0.39, 0.29) is 12.5 Å². The van der Waals surface area contributed by atoms with Crippen LogP contribution < -0.4 is 10.2 Å². The van der Waals surface area contributed by atoms with Gasteiger partial charge in [0.15, 0.2) is 0 Å². The first-order valence-corrected chi connectivity index (χ1v) is 7.38. The number of hydrogen-bond donors (Lipinski definition) is 2. The van der Waals surface area contributed by atoms with Gasteiger partial charge in [-0.15, -0.1) is 0 Å². The summed E-state index contributed by atoms with van der Waals surface area (Å²) in [6, 6.07) is 15.9. The first-order chi connectivity index (χ1) is 10.8. The number of carbonyl (C=O) groups is 1. The van der Waals surface area contributed by atoms with Crippen molar-refractivity contribution in [3.05, 3.63) is 54.1 Å². The number of hydrogen-bond acceptors (Lipinski definition) is 3. The molecule has 110 valence electrons. The fraction of sp³-hybridized carbons (Fsp3) is 0.176. The zero-order valence-electron chi connectivity index (χ0n) is 12.0. The van der Waals surface area contributed by atoms with Crippen molar-refractivity contribution in [2.24, 2.45) is 0 Å². The molecule has 0 bridgehead atoms. The number of amides is 1. The maximum atomic E-state index is 12.4. The molecular formula is C17H16N4O. The van der Waals surface area contributed by atoms with Gasteiger partial charge in [0.2, 0.25) is 11.9 Å². The summed E-state index contributed by atoms with van der Waals surface area (Å²) in [7, 11) is 0. The Balaban J connectivity index is 1.47. The molecule has 0 fully saturated rings. The molecule has 1 aromatic heterocycles. The number of para-hydroxylation sites is 3. The van der Waals surface area contributed by atoms with E-state index >= 15 is 0 Å². The normalized spacial score (nSPS) is 13.4. The number of H-pyrrole nitrogens is 1. The summed E-state index contributed by atoms with van der Waals surface area (Å²) in [6.07, 6.45) is 0.923. The maximum absolute atomic E-state index is 12.4. The Morgan fingerprint density at radius 1 is 1.18 bits per heavy atom. The second-order valence-corrected chi connectivity index (χ2v) is 5.38. The molecule has 0 saturated carbocycles. The predicted octanol–water partition coefficient (Wildman–Crippen LogP) is 2.56. The third-order valence-corrected chi connectivity index (χ3v) is 3.98. The van der Waals surface area contributed by atoms with E-state index in [2.05, 4.69) is 21.4 Å². The standard InChI is InChI=1S/C17H16N4O/c22-16(21-10-9-12-5-1-4-8-15(12)21)11-18-17-19-13-6-2-3-7-14(13)20-17/h1-8H,9-11H2,(H2,18,19,20). The van der Waals surface area contributed by atoms with Gasteiger partial charge in [-0.2, -0.15) is 0 Å². The van der Waals surface area contributed by atoms with Crippen molar-refractivity contribution in [2.45, 2.75) is 6.42 Å². The van der Waals surface area contributed by atoms with E-state index in [1.165, 1.54) is 5.56 Å². The largest absolute Gasteiger partial charge is 0.347 e. The van der Waals surface area contributed by atoms with E-state index < -0.39 is 0 Å². The van der Waals surface area contributed by atoms with Crippen LogP contribution in [-0.2, 0) is 11.2 Å². The molecule has 0 unspecified atom stereocenters. The Bertz CT molecular complexity index is 806. The molecule has 5 heteroatoms. The lowest BCUT2D eigenvalue weighted by molar-refractivity contribution is -0.116. The van der Waals surface area contributed by atoms with E-state index in [1.807, 2.05) is 47.4 Å². The van der Waals surface area contributed by atoms with Crippen molar-refractivity contribution in [3.8, 4) is 0 Å². The summed E-state index contributed by atoms with van der Waals surface area (Å²) in [6.45, 7) is 0.980. The summed E-state index contributed by atoms with van der Waals surface area (Å²) >= 11 is 0. The Morgan fingerprint density at radius 2 is 2.00 bits per heavy atom. The number of aromatic nitrogens is 2. The Hall–Kier alpha value is -2.82. The highest BCUT2D eigenvalue weighted by Crippen LogP contribution is 2.27. The highest BCUT2D eigenvalue weighted by Gasteiger charge is 2.23. The number of aromatic amines is 1. The third-order valence-electron chi connectivity index (χ3n) is 3.98. The van der Waals surface area contributed by atoms with Gasteiger partial charge in [0.1, 0.15) is 0 Å². The molecule has 0 atom stereocenters. The van der Waals surface area contributed by atoms with Crippen LogP contribution in [0.5, 0.6) is 0 Å². The van der Waals surface area contributed by atoms with Gasteiger partial charge in [-0.25, -0.2) is 4.98 Å². The molecule has 1 amide bonds. The van der Waals surface area contributed by atoms with Gasteiger partial charge in [0, 0.05) is 12.2 Å². The van der Waals surface area contributed by atoms with Crippen LogP contribution in [0, 0.1) is 0 Å². The number of anilines is 2. The highest BCUT2D eigenvalue weighted by atomic mass is 16.2. The Kier molecular flexibility index (Phi) is 3.04. The van der Waals surface area contributed by atoms with Crippen molar-refractivity contribution in [3.63, 3.8) is 0 Å². The van der Waals surface area contributed by atoms with E-state index in [0.717, 1.165) is 29.7 Å². The lowest BCUT2D eigenvalue weighted by Gasteiger charge is -2.17. The molecule has 0 spiro atoms. The summed E-state index contributed by atoms with van der Waals surface area (Å²) in [4.78, 5) is 21.8. The summed E-state index contributed by atoms with van der Waals surface area (Å²) in [5, 5.41) is 3.08. The monoisotopic (exact) mass is 292 g/mol. The number of benzene rings is 2. The van der Waals surface area contributed by atoms with Crippen molar-refractivity contribution < 1.29 is 4.79 Å². The first-order valence-electron chi connectivity index (χ1n) is 7.38. The number of fused-ring (bicyclic) bond motifs is 2. The molecule has 2 N–H and O–H groups in total. The second kappa shape index (κ2) is 5.18. The number of nitrogens with zero attached hydrogens (tertiary/aromatic N) is 2. The van der Waals surface area contributed by atoms with Gasteiger partial charge in [0.25, 0.3) is 0 Å². The number of imidazole rings is 1. The van der Waals surface area contributed by atoms with Crippen LogP contribution in [0.3, 0.4) is 0 Å². The number of nitrogens with one attached hydrogen (secondary N) is 2. The van der Waals surface area contributed by atoms with Gasteiger partial charge < -0.3 is 15.2 Å². The molecule has 5 nitrogen and oxygen atoms in total. The quantitative estimate of drug-likeness (QED) is 0.780. The number of rotatable bonds is 3. The highest BCUT2D eigenvalue weighted by molar-refractivity contribution is 5.98. The molecule has 0 aliphatic carbocycles. The topological polar surface area (TPSA) is 61.0 Å². The minimum atomic E-state index is 0.0606. The molecule has 22 heavy (non-hydrogen) atoms. The SMILES string of the molecule is O=C(CNc1nc2ccccc2[nH]1)N1CCc2ccccc21. The van der Waals surface area contributed by atoms with Gasteiger partial charge in [-0.05, 0) is 30.2 Å². The van der Waals surface area contributed by atoms with Crippen molar-refractivity contribution >= 4 is 28.6 Å². The van der Waals surface area contributed by atoms with E-state index in [4.69, 9.17) is 0 Å².